The molecular formula is C34H44N4O8S. The van der Waals surface area contributed by atoms with Crippen LogP contribution in [0, 0.1) is 0 Å². The highest BCUT2D eigenvalue weighted by atomic mass is 32.2. The third kappa shape index (κ3) is 8.98. The lowest BCUT2D eigenvalue weighted by molar-refractivity contribution is -0.152. The van der Waals surface area contributed by atoms with Crippen molar-refractivity contribution in [3.63, 3.8) is 0 Å². The van der Waals surface area contributed by atoms with E-state index in [0.717, 1.165) is 37.3 Å². The fourth-order valence-electron chi connectivity index (χ4n) is 5.70. The number of rotatable bonds is 13. The number of hydrogen-bond donors (Lipinski definition) is 2. The zero-order valence-electron chi connectivity index (χ0n) is 27.5. The van der Waals surface area contributed by atoms with Crippen LogP contribution < -0.4 is 10.1 Å². The second-order valence-electron chi connectivity index (χ2n) is 12.8. The summed E-state index contributed by atoms with van der Waals surface area (Å²) in [6.45, 7) is 8.65. The van der Waals surface area contributed by atoms with Gasteiger partial charge in [0.25, 0.3) is 16.0 Å². The van der Waals surface area contributed by atoms with Crippen molar-refractivity contribution in [3.05, 3.63) is 72.2 Å². The maximum atomic E-state index is 14.2. The molecule has 4 rings (SSSR count). The molecule has 0 bridgehead atoms. The van der Waals surface area contributed by atoms with Crippen molar-refractivity contribution in [3.8, 4) is 5.75 Å². The van der Waals surface area contributed by atoms with Crippen molar-refractivity contribution >= 4 is 33.7 Å². The number of carbonyl (C=O) groups excluding carboxylic acids is 3. The first-order chi connectivity index (χ1) is 22.2. The molecule has 12 nitrogen and oxygen atoms in total. The quantitative estimate of drug-likeness (QED) is 0.138. The van der Waals surface area contributed by atoms with Crippen LogP contribution in [0.25, 0.3) is 0 Å². The minimum atomic E-state index is -4.65. The molecule has 0 saturated carbocycles. The van der Waals surface area contributed by atoms with E-state index < -0.39 is 45.1 Å². The Morgan fingerprint density at radius 1 is 1.06 bits per heavy atom. The van der Waals surface area contributed by atoms with Crippen LogP contribution in [0.15, 0.2) is 66.0 Å². The molecule has 1 aliphatic heterocycles. The van der Waals surface area contributed by atoms with Crippen molar-refractivity contribution in [1.29, 1.82) is 0 Å². The number of unbranched alkanes of at least 4 members (excludes halogenated alkanes) is 3. The molecule has 3 aromatic rings. The van der Waals surface area contributed by atoms with Crippen LogP contribution in [0.1, 0.15) is 88.2 Å². The number of amides is 2. The molecular weight excluding hydrogens is 624 g/mol. The number of likely N-dealkylation sites (tertiary alicyclic amines) is 1. The highest BCUT2D eigenvalue weighted by molar-refractivity contribution is 7.86. The third-order valence-corrected chi connectivity index (χ3v) is 9.18. The zero-order chi connectivity index (χ0) is 34.4. The summed E-state index contributed by atoms with van der Waals surface area (Å²) in [5.74, 6) is -0.915. The Labute approximate surface area is 276 Å². The van der Waals surface area contributed by atoms with Gasteiger partial charge in [0.2, 0.25) is 5.91 Å². The molecule has 2 N–H and O–H groups in total. The monoisotopic (exact) mass is 668 g/mol. The van der Waals surface area contributed by atoms with Crippen LogP contribution in [0.5, 0.6) is 5.75 Å². The summed E-state index contributed by atoms with van der Waals surface area (Å²) >= 11 is 0. The molecule has 2 amide bonds. The van der Waals surface area contributed by atoms with Gasteiger partial charge in [0, 0.05) is 12.6 Å². The summed E-state index contributed by atoms with van der Waals surface area (Å²) in [5.41, 5.74) is 0.886. The highest BCUT2D eigenvalue weighted by Crippen LogP contribution is 2.31. The van der Waals surface area contributed by atoms with Gasteiger partial charge in [-0.05, 0) is 41.7 Å². The van der Waals surface area contributed by atoms with E-state index >= 15 is 0 Å². The summed E-state index contributed by atoms with van der Waals surface area (Å²) in [5, 5.41) is 2.55. The van der Waals surface area contributed by atoms with Gasteiger partial charge in [0.05, 0.1) is 25.5 Å². The van der Waals surface area contributed by atoms with Gasteiger partial charge in [-0.1, -0.05) is 77.6 Å². The number of ether oxygens (including phenoxy) is 2. The van der Waals surface area contributed by atoms with Gasteiger partial charge in [0.1, 0.15) is 28.8 Å². The molecule has 13 heteroatoms. The summed E-state index contributed by atoms with van der Waals surface area (Å²) in [7, 11) is -3.36. The van der Waals surface area contributed by atoms with Gasteiger partial charge in [-0.15, -0.1) is 0 Å². The lowest BCUT2D eigenvalue weighted by Gasteiger charge is -2.28. The van der Waals surface area contributed by atoms with E-state index in [1.807, 2.05) is 24.3 Å². The van der Waals surface area contributed by atoms with Crippen LogP contribution in [0.2, 0.25) is 0 Å². The molecule has 3 atom stereocenters. The lowest BCUT2D eigenvalue weighted by Crippen LogP contribution is -2.44. The van der Waals surface area contributed by atoms with Gasteiger partial charge >= 0.3 is 5.97 Å². The molecule has 0 unspecified atom stereocenters. The maximum absolute atomic E-state index is 14.2. The molecule has 0 aliphatic carbocycles. The van der Waals surface area contributed by atoms with Crippen molar-refractivity contribution in [2.75, 3.05) is 19.0 Å². The van der Waals surface area contributed by atoms with Crippen LogP contribution in [-0.2, 0) is 29.9 Å². The van der Waals surface area contributed by atoms with Gasteiger partial charge in [-0.3, -0.25) is 14.1 Å². The van der Waals surface area contributed by atoms with Crippen molar-refractivity contribution in [2.45, 2.75) is 94.7 Å². The molecule has 0 radical (unpaired) electrons. The molecule has 1 saturated heterocycles. The number of imidazole rings is 1. The van der Waals surface area contributed by atoms with E-state index in [-0.39, 0.29) is 35.7 Å². The molecule has 1 fully saturated rings. The van der Waals surface area contributed by atoms with Crippen molar-refractivity contribution in [2.24, 2.45) is 0 Å². The smallest absolute Gasteiger partial charge is 0.328 e. The van der Waals surface area contributed by atoms with Gasteiger partial charge in [0.15, 0.2) is 5.82 Å². The minimum Gasteiger partial charge on any atom is -0.488 e. The van der Waals surface area contributed by atoms with Crippen LogP contribution in [0.4, 0.5) is 5.82 Å². The van der Waals surface area contributed by atoms with E-state index in [0.29, 0.717) is 12.2 Å². The van der Waals surface area contributed by atoms with E-state index in [4.69, 9.17) is 9.47 Å². The van der Waals surface area contributed by atoms with E-state index in [1.165, 1.54) is 42.7 Å². The Balaban J connectivity index is 1.56. The second-order valence-corrected chi connectivity index (χ2v) is 14.2. The predicted octanol–water partition coefficient (Wildman–Crippen LogP) is 5.41. The zero-order valence-corrected chi connectivity index (χ0v) is 28.3. The number of carbonyl (C=O) groups is 3. The fourth-order valence-corrected chi connectivity index (χ4v) is 6.39. The standard InChI is InChI=1S/C34H44N4O8S/c1-6-7-8-9-13-27(37-21-30(35-22-37)36-31(39)26-12-10-11-14-29(26)47(42,43)44)32(40)38-20-25(19-28(38)33(41)45-5)46-24-17-15-23(16-18-24)34(2,3)4/h10-12,14-18,21-22,25,27-28H,6-9,13,19-20H2,1-5H3,(H,36,39)(H,42,43,44)/t25-,27+,28-/m0/s1. The van der Waals surface area contributed by atoms with Crippen LogP contribution in [0.3, 0.4) is 0 Å². The Kier molecular flexibility index (Phi) is 11.5. The van der Waals surface area contributed by atoms with Gasteiger partial charge in [-0.25, -0.2) is 9.78 Å². The number of methoxy groups -OCH3 is 1. The highest BCUT2D eigenvalue weighted by Gasteiger charge is 2.43. The summed E-state index contributed by atoms with van der Waals surface area (Å²) in [6.07, 6.45) is 6.84. The molecule has 1 aromatic heterocycles. The average molecular weight is 669 g/mol. The molecule has 254 valence electrons. The topological polar surface area (TPSA) is 157 Å². The molecule has 2 heterocycles. The van der Waals surface area contributed by atoms with Gasteiger partial charge in [-0.2, -0.15) is 8.42 Å². The molecule has 0 spiro atoms. The largest absolute Gasteiger partial charge is 0.488 e. The number of esters is 1. The van der Waals surface area contributed by atoms with Crippen molar-refractivity contribution < 1.29 is 36.8 Å². The van der Waals surface area contributed by atoms with Crippen molar-refractivity contribution in [1.82, 2.24) is 14.5 Å². The van der Waals surface area contributed by atoms with E-state index in [2.05, 4.69) is 38.0 Å². The fraction of sp³-hybridized carbons (Fsp3) is 0.471. The van der Waals surface area contributed by atoms with E-state index in [1.54, 1.807) is 4.57 Å². The normalized spacial score (nSPS) is 17.3. The Morgan fingerprint density at radius 2 is 1.77 bits per heavy atom. The number of aromatic nitrogens is 2. The molecule has 1 aliphatic rings. The SMILES string of the molecule is CCCCCC[C@H](C(=O)N1C[C@@H](Oc2ccc(C(C)(C)C)cc2)C[C@H]1C(=O)OC)n1cnc(NC(=O)c2ccccc2S(=O)(=O)O)c1. The maximum Gasteiger partial charge on any atom is 0.328 e. The van der Waals surface area contributed by atoms with Gasteiger partial charge < -0.3 is 24.3 Å². The number of nitrogens with one attached hydrogen (secondary N) is 1. The average Bonchev–Trinajstić information content (AvgIpc) is 3.67. The predicted molar refractivity (Wildman–Crippen MR) is 176 cm³/mol. The summed E-state index contributed by atoms with van der Waals surface area (Å²) < 4.78 is 46.0. The minimum absolute atomic E-state index is 0.0161. The first-order valence-electron chi connectivity index (χ1n) is 15.8. The summed E-state index contributed by atoms with van der Waals surface area (Å²) in [4.78, 5) is 45.3. The van der Waals surface area contributed by atoms with Crippen LogP contribution in [-0.4, -0.2) is 71.0 Å². The molecule has 47 heavy (non-hydrogen) atoms. The number of benzene rings is 2. The lowest BCUT2D eigenvalue weighted by atomic mass is 9.87. The number of nitrogens with zero attached hydrogens (tertiary/aromatic N) is 3. The van der Waals surface area contributed by atoms with E-state index in [9.17, 15) is 27.4 Å². The summed E-state index contributed by atoms with van der Waals surface area (Å²) in [6, 6.07) is 11.5. The van der Waals surface area contributed by atoms with Crippen LogP contribution >= 0.6 is 0 Å². The number of anilines is 1. The first-order valence-corrected chi connectivity index (χ1v) is 17.2. The Morgan fingerprint density at radius 3 is 2.40 bits per heavy atom. The third-order valence-electron chi connectivity index (χ3n) is 8.27. The second kappa shape index (κ2) is 15.1. The Bertz CT molecular complexity index is 1660. The molecule has 2 aromatic carbocycles. The Hall–Kier alpha value is -4.23. The number of hydrogen-bond acceptors (Lipinski definition) is 8. The first kappa shape index (κ1) is 35.6.